The first kappa shape index (κ1) is 26.3. The van der Waals surface area contributed by atoms with E-state index in [0.717, 1.165) is 50.7 Å². The van der Waals surface area contributed by atoms with Gasteiger partial charge in [-0.05, 0) is 49.3 Å². The second kappa shape index (κ2) is 13.5. The predicted octanol–water partition coefficient (Wildman–Crippen LogP) is 3.58. The van der Waals surface area contributed by atoms with Crippen LogP contribution in [0.15, 0.2) is 29.3 Å². The Bertz CT molecular complexity index is 681. The quantitative estimate of drug-likeness (QED) is 0.266. The van der Waals surface area contributed by atoms with Crippen LogP contribution in [-0.4, -0.2) is 70.5 Å². The number of methoxy groups -OCH3 is 1. The molecule has 1 atom stereocenters. The lowest BCUT2D eigenvalue weighted by atomic mass is 9.67. The zero-order chi connectivity index (χ0) is 21.2. The fraction of sp³-hybridized carbons (Fsp3) is 0.696. The molecule has 6 nitrogen and oxygen atoms in total. The van der Waals surface area contributed by atoms with Crippen molar-refractivity contribution >= 4 is 29.9 Å². The molecular formula is C23H38FIN4O2. The molecule has 1 aliphatic heterocycles. The number of benzene rings is 1. The monoisotopic (exact) mass is 548 g/mol. The van der Waals surface area contributed by atoms with Crippen LogP contribution in [-0.2, 0) is 9.47 Å². The Labute approximate surface area is 203 Å². The SMILES string of the molecule is CCNC(=NCC1(CCOC)CCC1)NCC(c1cccc(F)c1)N1CCOCC1.I. The summed E-state index contributed by atoms with van der Waals surface area (Å²) in [5.41, 5.74) is 1.26. The van der Waals surface area contributed by atoms with Crippen LogP contribution in [0, 0.1) is 11.2 Å². The van der Waals surface area contributed by atoms with E-state index in [1.807, 2.05) is 6.07 Å². The molecule has 1 heterocycles. The van der Waals surface area contributed by atoms with Crippen molar-refractivity contribution in [3.63, 3.8) is 0 Å². The van der Waals surface area contributed by atoms with Crippen molar-refractivity contribution in [2.24, 2.45) is 10.4 Å². The minimum atomic E-state index is -0.198. The Morgan fingerprint density at radius 3 is 2.68 bits per heavy atom. The molecule has 8 heteroatoms. The first-order valence-electron chi connectivity index (χ1n) is 11.2. The average molecular weight is 548 g/mol. The molecule has 1 saturated carbocycles. The molecule has 1 aromatic carbocycles. The highest BCUT2D eigenvalue weighted by atomic mass is 127. The number of nitrogens with one attached hydrogen (secondary N) is 2. The van der Waals surface area contributed by atoms with Crippen LogP contribution in [0.25, 0.3) is 0 Å². The number of halogens is 2. The van der Waals surface area contributed by atoms with Crippen LogP contribution in [0.5, 0.6) is 0 Å². The van der Waals surface area contributed by atoms with Crippen LogP contribution >= 0.6 is 24.0 Å². The lowest BCUT2D eigenvalue weighted by molar-refractivity contribution is 0.0169. The molecule has 176 valence electrons. The molecule has 0 radical (unpaired) electrons. The Kier molecular flexibility index (Phi) is 11.5. The standard InChI is InChI=1S/C23H37FN4O2.HI/c1-3-25-22(27-18-23(8-5-9-23)10-13-29-2)26-17-21(28-11-14-30-15-12-28)19-6-4-7-20(24)16-19;/h4,6-7,16,21H,3,5,8-15,17-18H2,1-2H3,(H2,25,26,27);1H. The van der Waals surface area contributed by atoms with Gasteiger partial charge in [-0.2, -0.15) is 0 Å². The van der Waals surface area contributed by atoms with Crippen molar-refractivity contribution in [3.8, 4) is 0 Å². The molecule has 1 aliphatic carbocycles. The molecule has 2 N–H and O–H groups in total. The Morgan fingerprint density at radius 1 is 1.29 bits per heavy atom. The fourth-order valence-corrected chi connectivity index (χ4v) is 4.33. The fourth-order valence-electron chi connectivity index (χ4n) is 4.33. The summed E-state index contributed by atoms with van der Waals surface area (Å²) < 4.78 is 24.7. The summed E-state index contributed by atoms with van der Waals surface area (Å²) in [6, 6.07) is 6.99. The topological polar surface area (TPSA) is 58.1 Å². The lowest BCUT2D eigenvalue weighted by Gasteiger charge is -2.41. The van der Waals surface area contributed by atoms with Crippen LogP contribution < -0.4 is 10.6 Å². The van der Waals surface area contributed by atoms with Gasteiger partial charge in [0.1, 0.15) is 5.82 Å². The van der Waals surface area contributed by atoms with E-state index in [0.29, 0.717) is 19.8 Å². The zero-order valence-corrected chi connectivity index (χ0v) is 21.2. The van der Waals surface area contributed by atoms with Crippen molar-refractivity contribution in [2.45, 2.75) is 38.6 Å². The minimum Gasteiger partial charge on any atom is -0.385 e. The smallest absolute Gasteiger partial charge is 0.191 e. The first-order valence-corrected chi connectivity index (χ1v) is 11.2. The second-order valence-corrected chi connectivity index (χ2v) is 8.39. The molecule has 0 aromatic heterocycles. The van der Waals surface area contributed by atoms with E-state index < -0.39 is 0 Å². The van der Waals surface area contributed by atoms with E-state index in [1.165, 1.54) is 25.3 Å². The van der Waals surface area contributed by atoms with Crippen LogP contribution in [0.4, 0.5) is 4.39 Å². The molecule has 0 spiro atoms. The van der Waals surface area contributed by atoms with Gasteiger partial charge in [-0.25, -0.2) is 4.39 Å². The van der Waals surface area contributed by atoms with Crippen molar-refractivity contribution in [3.05, 3.63) is 35.6 Å². The van der Waals surface area contributed by atoms with Gasteiger partial charge in [-0.1, -0.05) is 18.6 Å². The largest absolute Gasteiger partial charge is 0.385 e. The van der Waals surface area contributed by atoms with Crippen LogP contribution in [0.2, 0.25) is 0 Å². The van der Waals surface area contributed by atoms with E-state index in [2.05, 4.69) is 22.5 Å². The van der Waals surface area contributed by atoms with Gasteiger partial charge in [0, 0.05) is 46.4 Å². The molecule has 31 heavy (non-hydrogen) atoms. The van der Waals surface area contributed by atoms with Crippen LogP contribution in [0.1, 0.15) is 44.2 Å². The first-order chi connectivity index (χ1) is 14.7. The maximum atomic E-state index is 13.9. The summed E-state index contributed by atoms with van der Waals surface area (Å²) in [7, 11) is 1.76. The number of ether oxygens (including phenoxy) is 2. The third-order valence-electron chi connectivity index (χ3n) is 6.35. The molecule has 2 aliphatic rings. The molecule has 3 rings (SSSR count). The van der Waals surface area contributed by atoms with Gasteiger partial charge in [0.2, 0.25) is 0 Å². The Morgan fingerprint density at radius 2 is 2.06 bits per heavy atom. The summed E-state index contributed by atoms with van der Waals surface area (Å²) in [4.78, 5) is 7.27. The normalized spacial score (nSPS) is 19.8. The van der Waals surface area contributed by atoms with Gasteiger partial charge in [-0.3, -0.25) is 9.89 Å². The van der Waals surface area contributed by atoms with Gasteiger partial charge in [0.05, 0.1) is 19.3 Å². The van der Waals surface area contributed by atoms with E-state index in [9.17, 15) is 4.39 Å². The summed E-state index contributed by atoms with van der Waals surface area (Å²) >= 11 is 0. The summed E-state index contributed by atoms with van der Waals surface area (Å²) in [6.45, 7) is 8.26. The molecule has 0 bridgehead atoms. The van der Waals surface area contributed by atoms with E-state index in [-0.39, 0.29) is 41.3 Å². The second-order valence-electron chi connectivity index (χ2n) is 8.39. The Balaban J connectivity index is 0.00000341. The lowest BCUT2D eigenvalue weighted by Crippen LogP contribution is -2.46. The molecule has 1 aromatic rings. The summed E-state index contributed by atoms with van der Waals surface area (Å²) in [5.74, 6) is 0.632. The number of nitrogens with zero attached hydrogens (tertiary/aromatic N) is 2. The molecule has 1 unspecified atom stereocenters. The number of hydrogen-bond acceptors (Lipinski definition) is 4. The third-order valence-corrected chi connectivity index (χ3v) is 6.35. The molecule has 1 saturated heterocycles. The van der Waals surface area contributed by atoms with Crippen molar-refractivity contribution in [2.75, 3.05) is 59.7 Å². The third kappa shape index (κ3) is 7.83. The van der Waals surface area contributed by atoms with E-state index in [1.54, 1.807) is 19.2 Å². The number of aliphatic imine (C=N–C) groups is 1. The minimum absolute atomic E-state index is 0. The highest BCUT2D eigenvalue weighted by molar-refractivity contribution is 14.0. The van der Waals surface area contributed by atoms with Gasteiger partial charge < -0.3 is 20.1 Å². The highest BCUT2D eigenvalue weighted by Gasteiger charge is 2.36. The van der Waals surface area contributed by atoms with Gasteiger partial charge in [0.25, 0.3) is 0 Å². The van der Waals surface area contributed by atoms with Gasteiger partial charge in [0.15, 0.2) is 5.96 Å². The maximum Gasteiger partial charge on any atom is 0.191 e. The van der Waals surface area contributed by atoms with E-state index >= 15 is 0 Å². The highest BCUT2D eigenvalue weighted by Crippen LogP contribution is 2.44. The molecule has 2 fully saturated rings. The van der Waals surface area contributed by atoms with Gasteiger partial charge in [-0.15, -0.1) is 24.0 Å². The van der Waals surface area contributed by atoms with Crippen molar-refractivity contribution < 1.29 is 13.9 Å². The number of morpholine rings is 1. The predicted molar refractivity (Wildman–Crippen MR) is 134 cm³/mol. The molecule has 0 amide bonds. The van der Waals surface area contributed by atoms with Crippen molar-refractivity contribution in [1.82, 2.24) is 15.5 Å². The maximum absolute atomic E-state index is 13.9. The Hall–Kier alpha value is -0.970. The number of hydrogen-bond donors (Lipinski definition) is 2. The summed E-state index contributed by atoms with van der Waals surface area (Å²) in [5, 5.41) is 6.89. The van der Waals surface area contributed by atoms with Crippen molar-refractivity contribution in [1.29, 1.82) is 0 Å². The zero-order valence-electron chi connectivity index (χ0n) is 18.9. The number of guanidine groups is 1. The van der Waals surface area contributed by atoms with Crippen LogP contribution in [0.3, 0.4) is 0 Å². The van der Waals surface area contributed by atoms with Gasteiger partial charge >= 0.3 is 0 Å². The molecular weight excluding hydrogens is 510 g/mol. The average Bonchev–Trinajstić information content (AvgIpc) is 2.73. The number of rotatable bonds is 10. The summed E-state index contributed by atoms with van der Waals surface area (Å²) in [6.07, 6.45) is 4.78. The van der Waals surface area contributed by atoms with E-state index in [4.69, 9.17) is 14.5 Å².